The highest BCUT2D eigenvalue weighted by atomic mass is 16.6. The number of hydrogen-bond acceptors (Lipinski definition) is 6. The first-order valence-electron chi connectivity index (χ1n) is 29.6. The predicted molar refractivity (Wildman–Crippen MR) is 302 cm³/mol. The lowest BCUT2D eigenvalue weighted by Crippen LogP contribution is -2.30. The van der Waals surface area contributed by atoms with Gasteiger partial charge in [0, 0.05) is 19.3 Å². The van der Waals surface area contributed by atoms with Crippen molar-refractivity contribution >= 4 is 17.9 Å². The lowest BCUT2D eigenvalue weighted by molar-refractivity contribution is -0.167. The van der Waals surface area contributed by atoms with Crippen LogP contribution in [0, 0.1) is 0 Å². The lowest BCUT2D eigenvalue weighted by Gasteiger charge is -2.18. The largest absolute Gasteiger partial charge is 0.462 e. The number of unbranched alkanes of at least 4 members (excludes halogenated alkanes) is 28. The third kappa shape index (κ3) is 55.5. The van der Waals surface area contributed by atoms with Crippen LogP contribution in [0.1, 0.15) is 284 Å². The molecule has 0 radical (unpaired) electrons. The Balaban J connectivity index is 4.45. The monoisotopic (exact) mass is 975 g/mol. The molecular weight excluding hydrogens is 865 g/mol. The molecule has 402 valence electrons. The van der Waals surface area contributed by atoms with Crippen LogP contribution in [0.25, 0.3) is 0 Å². The fraction of sp³-hybridized carbons (Fsp3) is 0.734. The first-order chi connectivity index (χ1) is 34.5. The second-order valence-corrected chi connectivity index (χ2v) is 19.5. The van der Waals surface area contributed by atoms with Crippen LogP contribution in [-0.4, -0.2) is 37.2 Å². The molecule has 6 heteroatoms. The Bertz CT molecular complexity index is 1350. The fourth-order valence-electron chi connectivity index (χ4n) is 8.21. The zero-order chi connectivity index (χ0) is 50.7. The van der Waals surface area contributed by atoms with Gasteiger partial charge in [-0.05, 0) is 96.3 Å². The van der Waals surface area contributed by atoms with Gasteiger partial charge in [-0.3, -0.25) is 14.4 Å². The molecule has 0 saturated carbocycles. The zero-order valence-electron chi connectivity index (χ0n) is 46.0. The topological polar surface area (TPSA) is 78.9 Å². The highest BCUT2D eigenvalue weighted by Gasteiger charge is 2.19. The van der Waals surface area contributed by atoms with Crippen molar-refractivity contribution in [2.45, 2.75) is 290 Å². The number of carbonyl (C=O) groups excluding carboxylic acids is 3. The first-order valence-corrected chi connectivity index (χ1v) is 29.6. The molecule has 0 saturated heterocycles. The molecule has 0 aromatic rings. The minimum atomic E-state index is -0.794. The molecular formula is C64H110O6. The summed E-state index contributed by atoms with van der Waals surface area (Å²) < 4.78 is 16.9. The smallest absolute Gasteiger partial charge is 0.306 e. The van der Waals surface area contributed by atoms with E-state index in [1.54, 1.807) is 0 Å². The van der Waals surface area contributed by atoms with Gasteiger partial charge in [0.2, 0.25) is 0 Å². The van der Waals surface area contributed by atoms with Crippen LogP contribution in [-0.2, 0) is 28.6 Å². The minimum absolute atomic E-state index is 0.0884. The molecule has 0 N–H and O–H groups in total. The molecule has 0 aliphatic rings. The van der Waals surface area contributed by atoms with E-state index in [2.05, 4.69) is 106 Å². The van der Waals surface area contributed by atoms with Gasteiger partial charge in [-0.1, -0.05) is 254 Å². The molecule has 0 heterocycles. The Morgan fingerprint density at radius 2 is 0.557 bits per heavy atom. The van der Waals surface area contributed by atoms with Crippen LogP contribution in [0.2, 0.25) is 0 Å². The van der Waals surface area contributed by atoms with E-state index < -0.39 is 6.10 Å². The van der Waals surface area contributed by atoms with Gasteiger partial charge in [0.05, 0.1) is 0 Å². The van der Waals surface area contributed by atoms with Gasteiger partial charge < -0.3 is 14.2 Å². The molecule has 0 bridgehead atoms. The van der Waals surface area contributed by atoms with E-state index in [1.807, 2.05) is 0 Å². The van der Waals surface area contributed by atoms with Gasteiger partial charge >= 0.3 is 17.9 Å². The summed E-state index contributed by atoms with van der Waals surface area (Å²) in [7, 11) is 0. The predicted octanol–water partition coefficient (Wildman–Crippen LogP) is 19.9. The van der Waals surface area contributed by atoms with E-state index in [-0.39, 0.29) is 31.1 Å². The Labute approximate surface area is 433 Å². The van der Waals surface area contributed by atoms with Gasteiger partial charge in [-0.15, -0.1) is 0 Å². The summed E-state index contributed by atoms with van der Waals surface area (Å²) in [5.74, 6) is -0.921. The summed E-state index contributed by atoms with van der Waals surface area (Å²) >= 11 is 0. The summed E-state index contributed by atoms with van der Waals surface area (Å²) in [6.45, 7) is 6.50. The molecule has 0 aliphatic carbocycles. The fourth-order valence-corrected chi connectivity index (χ4v) is 8.21. The normalized spacial score (nSPS) is 12.7. The van der Waals surface area contributed by atoms with Crippen molar-refractivity contribution in [3.8, 4) is 0 Å². The molecule has 0 spiro atoms. The van der Waals surface area contributed by atoms with Crippen LogP contribution >= 0.6 is 0 Å². The second kappa shape index (κ2) is 58.2. The average molecular weight is 976 g/mol. The summed E-state index contributed by atoms with van der Waals surface area (Å²) in [6.07, 6.45) is 75.7. The van der Waals surface area contributed by atoms with Crippen molar-refractivity contribution in [1.29, 1.82) is 0 Å². The maximum absolute atomic E-state index is 12.9. The van der Waals surface area contributed by atoms with E-state index in [0.29, 0.717) is 19.3 Å². The maximum Gasteiger partial charge on any atom is 0.306 e. The molecule has 1 unspecified atom stereocenters. The van der Waals surface area contributed by atoms with E-state index in [9.17, 15) is 14.4 Å². The number of ether oxygens (including phenoxy) is 3. The van der Waals surface area contributed by atoms with Crippen molar-refractivity contribution in [2.75, 3.05) is 13.2 Å². The summed E-state index contributed by atoms with van der Waals surface area (Å²) in [4.78, 5) is 38.2. The van der Waals surface area contributed by atoms with E-state index in [1.165, 1.54) is 135 Å². The highest BCUT2D eigenvalue weighted by molar-refractivity contribution is 5.71. The second-order valence-electron chi connectivity index (χ2n) is 19.5. The molecule has 0 fully saturated rings. The van der Waals surface area contributed by atoms with Crippen LogP contribution in [0.3, 0.4) is 0 Å². The Hall–Kier alpha value is -3.41. The highest BCUT2D eigenvalue weighted by Crippen LogP contribution is 2.16. The van der Waals surface area contributed by atoms with Gasteiger partial charge in [0.1, 0.15) is 13.2 Å². The molecule has 0 aliphatic heterocycles. The Morgan fingerprint density at radius 1 is 0.300 bits per heavy atom. The van der Waals surface area contributed by atoms with Crippen molar-refractivity contribution in [3.63, 3.8) is 0 Å². The third-order valence-corrected chi connectivity index (χ3v) is 12.6. The molecule has 0 aromatic carbocycles. The SMILES string of the molecule is CC/C=C\C/C=C\C/C=C\C/C=C\C/C=C\CCCCCC(=O)OCC(COC(=O)CCCCCCCCCCCCCCCCC)OC(=O)CCCCCCCCC/C=C\C/C=C\CCCCCC. The molecule has 0 rings (SSSR count). The van der Waals surface area contributed by atoms with Crippen molar-refractivity contribution in [3.05, 3.63) is 85.1 Å². The number of carbonyl (C=O) groups is 3. The third-order valence-electron chi connectivity index (χ3n) is 12.6. The number of hydrogen-bond donors (Lipinski definition) is 0. The Morgan fingerprint density at radius 3 is 0.900 bits per heavy atom. The molecule has 6 nitrogen and oxygen atoms in total. The van der Waals surface area contributed by atoms with Crippen molar-refractivity contribution < 1.29 is 28.6 Å². The summed E-state index contributed by atoms with van der Waals surface area (Å²) in [5.41, 5.74) is 0. The molecule has 1 atom stereocenters. The van der Waals surface area contributed by atoms with Crippen LogP contribution in [0.15, 0.2) is 85.1 Å². The van der Waals surface area contributed by atoms with Crippen molar-refractivity contribution in [1.82, 2.24) is 0 Å². The standard InChI is InChI=1S/C64H110O6/c1-4-7-10-13-16-19-22-25-28-30-32-34-36-39-42-45-48-51-54-57-63(66)69-60-61(59-68-62(65)56-53-50-47-44-41-38-35-27-24-21-18-15-12-9-6-3)70-64(67)58-55-52-49-46-43-40-37-33-31-29-26-23-20-17-14-11-8-5-2/h7,10,16,19-20,23,25,28-29,31-32,34,39,42,61H,4-6,8-9,11-15,17-18,21-22,24,26-27,30,33,35-38,40-41,43-60H2,1-3H3/b10-7-,19-16-,23-20-,28-25-,31-29-,34-32-,42-39-. The van der Waals surface area contributed by atoms with E-state index in [0.717, 1.165) is 109 Å². The van der Waals surface area contributed by atoms with Gasteiger partial charge in [0.15, 0.2) is 6.10 Å². The first kappa shape index (κ1) is 66.6. The Kier molecular flexibility index (Phi) is 55.3. The quantitative estimate of drug-likeness (QED) is 0.0261. The molecule has 0 aromatic heterocycles. The van der Waals surface area contributed by atoms with Crippen LogP contribution in [0.5, 0.6) is 0 Å². The van der Waals surface area contributed by atoms with Gasteiger partial charge in [0.25, 0.3) is 0 Å². The maximum atomic E-state index is 12.9. The van der Waals surface area contributed by atoms with Crippen LogP contribution in [0.4, 0.5) is 0 Å². The number of rotatable bonds is 53. The van der Waals surface area contributed by atoms with Crippen molar-refractivity contribution in [2.24, 2.45) is 0 Å². The van der Waals surface area contributed by atoms with E-state index >= 15 is 0 Å². The van der Waals surface area contributed by atoms with Gasteiger partial charge in [-0.2, -0.15) is 0 Å². The van der Waals surface area contributed by atoms with Gasteiger partial charge in [-0.25, -0.2) is 0 Å². The molecule has 0 amide bonds. The average Bonchev–Trinajstić information content (AvgIpc) is 3.36. The zero-order valence-corrected chi connectivity index (χ0v) is 46.0. The summed E-state index contributed by atoms with van der Waals surface area (Å²) in [5, 5.41) is 0. The minimum Gasteiger partial charge on any atom is -0.462 e. The van der Waals surface area contributed by atoms with Crippen LogP contribution < -0.4 is 0 Å². The number of esters is 3. The lowest BCUT2D eigenvalue weighted by atomic mass is 10.0. The number of allylic oxidation sites excluding steroid dienone is 14. The van der Waals surface area contributed by atoms with E-state index in [4.69, 9.17) is 14.2 Å². The summed E-state index contributed by atoms with van der Waals surface area (Å²) in [6, 6.07) is 0. The molecule has 70 heavy (non-hydrogen) atoms.